The molecule has 9 heteroatoms. The summed E-state index contributed by atoms with van der Waals surface area (Å²) in [5.41, 5.74) is 24.4. The molecular weight excluding hydrogens is 730 g/mol. The Bertz CT molecular complexity index is 3300. The van der Waals surface area contributed by atoms with Gasteiger partial charge < -0.3 is 9.32 Å². The van der Waals surface area contributed by atoms with Crippen LogP contribution < -0.4 is 43.1 Å². The van der Waals surface area contributed by atoms with Crippen LogP contribution in [0.15, 0.2) is 174 Å². The van der Waals surface area contributed by atoms with Gasteiger partial charge in [0.25, 0.3) is 0 Å². The first-order chi connectivity index (χ1) is 29.7. The van der Waals surface area contributed by atoms with Crippen molar-refractivity contribution in [3.63, 3.8) is 0 Å². The third-order valence-electron chi connectivity index (χ3n) is 13.5. The average molecular weight is 773 g/mol. The third kappa shape index (κ3) is 6.55. The molecule has 9 aromatic carbocycles. The highest BCUT2D eigenvalue weighted by atomic mass is 16.3. The Labute approximate surface area is 364 Å². The minimum atomic E-state index is 0.908. The summed E-state index contributed by atoms with van der Waals surface area (Å²) in [6.45, 7) is 0. The maximum Gasteiger partial charge on any atom is 0.143 e. The van der Waals surface area contributed by atoms with Gasteiger partial charge in [0.05, 0.1) is 0 Å². The average Bonchev–Trinajstić information content (AvgIpc) is 3.69. The van der Waals surface area contributed by atoms with E-state index in [1.165, 1.54) is 82.4 Å². The lowest BCUT2D eigenvalue weighted by atomic mass is 9.59. The van der Waals surface area contributed by atoms with Crippen LogP contribution in [0.1, 0.15) is 0 Å². The van der Waals surface area contributed by atoms with E-state index < -0.39 is 0 Å². The molecular formula is C52H42B7NO. The maximum absolute atomic E-state index is 6.42. The van der Waals surface area contributed by atoms with Gasteiger partial charge in [-0.1, -0.05) is 143 Å². The standard InChI is InChI=1S/C52H42B7NO/c53-45-42(43-44(47(55)49(45)57)48(56)51(59)50(58)46(43)54)34-11-6-10-33(28-34)31-18-24-36(25-19-31)60(35-22-16-30(17-23-35)29-8-2-1-3-9-29)37-26-20-32(21-27-37)38-13-7-14-40-39-12-4-5-15-41(39)61-52(38)40/h1-28H,53-59H2. The Morgan fingerprint density at radius 2 is 0.787 bits per heavy atom. The van der Waals surface area contributed by atoms with Crippen LogP contribution in [0.25, 0.3) is 77.2 Å². The van der Waals surface area contributed by atoms with E-state index >= 15 is 0 Å². The Hall–Kier alpha value is -6.71. The summed E-state index contributed by atoms with van der Waals surface area (Å²) in [4.78, 5) is 2.35. The molecule has 0 amide bonds. The monoisotopic (exact) mass is 773 g/mol. The van der Waals surface area contributed by atoms with Crippen molar-refractivity contribution in [2.75, 3.05) is 4.90 Å². The van der Waals surface area contributed by atoms with Crippen molar-refractivity contribution >= 4 is 143 Å². The molecule has 0 saturated carbocycles. The predicted octanol–water partition coefficient (Wildman–Crippen LogP) is 2.69. The summed E-state index contributed by atoms with van der Waals surface area (Å²) in [6.07, 6.45) is 0. The SMILES string of the molecule is Bc1c(B)c(B)c2c(-c3cccc(-c4ccc(N(c5ccc(-c6ccccc6)cc5)c5ccc(-c6cccc7c6oc6ccccc67)cc5)cc4)c3)c(B)c(B)c(B)c2c1B. The van der Waals surface area contributed by atoms with Gasteiger partial charge in [-0.15, -0.1) is 16.4 Å². The minimum absolute atomic E-state index is 0.908. The number of hydrogen-bond donors (Lipinski definition) is 0. The van der Waals surface area contributed by atoms with Gasteiger partial charge >= 0.3 is 0 Å². The Balaban J connectivity index is 1.04. The Morgan fingerprint density at radius 1 is 0.328 bits per heavy atom. The van der Waals surface area contributed by atoms with Gasteiger partial charge in [-0.3, -0.25) is 0 Å². The second kappa shape index (κ2) is 15.4. The summed E-state index contributed by atoms with van der Waals surface area (Å²) in [5, 5.41) is 5.07. The van der Waals surface area contributed by atoms with Crippen molar-refractivity contribution in [1.29, 1.82) is 0 Å². The van der Waals surface area contributed by atoms with Gasteiger partial charge in [-0.25, -0.2) is 0 Å². The van der Waals surface area contributed by atoms with E-state index in [9.17, 15) is 0 Å². The summed E-state index contributed by atoms with van der Waals surface area (Å²) >= 11 is 0. The molecule has 1 heterocycles. The van der Waals surface area contributed by atoms with Gasteiger partial charge in [0.15, 0.2) is 0 Å². The molecule has 1 aromatic heterocycles. The molecule has 0 radical (unpaired) electrons. The zero-order valence-electron chi connectivity index (χ0n) is 36.0. The number of benzene rings is 9. The molecule has 0 saturated heterocycles. The summed E-state index contributed by atoms with van der Waals surface area (Å²) < 4.78 is 6.42. The maximum atomic E-state index is 6.42. The van der Waals surface area contributed by atoms with E-state index in [4.69, 9.17) is 4.42 Å². The highest BCUT2D eigenvalue weighted by molar-refractivity contribution is 6.71. The molecule has 0 spiro atoms. The molecule has 61 heavy (non-hydrogen) atoms. The zero-order valence-corrected chi connectivity index (χ0v) is 36.0. The molecule has 10 rings (SSSR count). The highest BCUT2D eigenvalue weighted by Gasteiger charge is 2.20. The van der Waals surface area contributed by atoms with Crippen LogP contribution in [0, 0.1) is 0 Å². The second-order valence-corrected chi connectivity index (χ2v) is 16.7. The van der Waals surface area contributed by atoms with Gasteiger partial charge in [-0.05, 0) is 98.2 Å². The van der Waals surface area contributed by atoms with E-state index in [2.05, 4.69) is 218 Å². The lowest BCUT2D eigenvalue weighted by molar-refractivity contribution is 0.670. The topological polar surface area (TPSA) is 16.4 Å². The largest absolute Gasteiger partial charge is 0.455 e. The number of hydrogen-bond acceptors (Lipinski definition) is 2. The van der Waals surface area contributed by atoms with Gasteiger partial charge in [-0.2, -0.15) is 0 Å². The molecule has 282 valence electrons. The number of para-hydroxylation sites is 2. The number of nitrogens with zero attached hydrogens (tertiary/aromatic N) is 1. The molecule has 0 N–H and O–H groups in total. The first-order valence-corrected chi connectivity index (χ1v) is 21.3. The normalized spacial score (nSPS) is 11.4. The van der Waals surface area contributed by atoms with Crippen LogP contribution in [0.2, 0.25) is 0 Å². The van der Waals surface area contributed by atoms with Crippen molar-refractivity contribution in [1.82, 2.24) is 0 Å². The van der Waals surface area contributed by atoms with Crippen LogP contribution in [-0.2, 0) is 0 Å². The summed E-state index contributed by atoms with van der Waals surface area (Å²) in [7, 11) is 16.0. The molecule has 10 aromatic rings. The van der Waals surface area contributed by atoms with Crippen molar-refractivity contribution < 1.29 is 4.42 Å². The summed E-state index contributed by atoms with van der Waals surface area (Å²) in [5.74, 6) is 0. The lowest BCUT2D eigenvalue weighted by Crippen LogP contribution is -2.52. The smallest absolute Gasteiger partial charge is 0.143 e. The van der Waals surface area contributed by atoms with Crippen LogP contribution in [-0.4, -0.2) is 54.9 Å². The molecule has 0 aliphatic carbocycles. The fourth-order valence-electron chi connectivity index (χ4n) is 9.60. The third-order valence-corrected chi connectivity index (χ3v) is 13.5. The van der Waals surface area contributed by atoms with E-state index in [0.29, 0.717) is 0 Å². The first kappa shape index (κ1) is 38.5. The predicted molar refractivity (Wildman–Crippen MR) is 285 cm³/mol. The van der Waals surface area contributed by atoms with Gasteiger partial charge in [0.1, 0.15) is 66.1 Å². The molecule has 0 aliphatic heterocycles. The van der Waals surface area contributed by atoms with Crippen molar-refractivity contribution in [2.45, 2.75) is 0 Å². The fourth-order valence-corrected chi connectivity index (χ4v) is 9.60. The lowest BCUT2D eigenvalue weighted by Gasteiger charge is -2.26. The van der Waals surface area contributed by atoms with Crippen molar-refractivity contribution in [2.24, 2.45) is 0 Å². The van der Waals surface area contributed by atoms with Gasteiger partial charge in [0.2, 0.25) is 0 Å². The van der Waals surface area contributed by atoms with Gasteiger partial charge in [0, 0.05) is 33.4 Å². The van der Waals surface area contributed by atoms with E-state index in [0.717, 1.165) is 50.1 Å². The highest BCUT2D eigenvalue weighted by Crippen LogP contribution is 2.40. The van der Waals surface area contributed by atoms with Crippen LogP contribution in [0.4, 0.5) is 17.1 Å². The molecule has 0 aliphatic rings. The number of anilines is 3. The number of rotatable bonds is 7. The van der Waals surface area contributed by atoms with Crippen LogP contribution in [0.3, 0.4) is 0 Å². The number of fused-ring (bicyclic) bond motifs is 4. The zero-order chi connectivity index (χ0) is 41.9. The van der Waals surface area contributed by atoms with E-state index in [-0.39, 0.29) is 0 Å². The van der Waals surface area contributed by atoms with Crippen LogP contribution >= 0.6 is 0 Å². The number of furan rings is 1. The van der Waals surface area contributed by atoms with E-state index in [1.54, 1.807) is 0 Å². The first-order valence-electron chi connectivity index (χ1n) is 21.3. The molecule has 0 atom stereocenters. The molecule has 2 nitrogen and oxygen atoms in total. The summed E-state index contributed by atoms with van der Waals surface area (Å²) in [6, 6.07) is 61.2. The van der Waals surface area contributed by atoms with Crippen molar-refractivity contribution in [3.05, 3.63) is 170 Å². The van der Waals surface area contributed by atoms with Crippen LogP contribution in [0.5, 0.6) is 0 Å². The van der Waals surface area contributed by atoms with E-state index in [1.807, 2.05) is 12.1 Å². The Kier molecular flexibility index (Phi) is 9.72. The van der Waals surface area contributed by atoms with Crippen molar-refractivity contribution in [3.8, 4) is 44.5 Å². The molecule has 0 fully saturated rings. The fraction of sp³-hybridized carbons (Fsp3) is 0. The minimum Gasteiger partial charge on any atom is -0.455 e. The second-order valence-electron chi connectivity index (χ2n) is 16.7. The Morgan fingerprint density at radius 3 is 1.43 bits per heavy atom. The quantitative estimate of drug-likeness (QED) is 0.232. The molecule has 0 bridgehead atoms. The molecule has 0 unspecified atom stereocenters.